The molecule has 4 aliphatic rings. The number of hydrogen-bond acceptors (Lipinski definition) is 8. The van der Waals surface area contributed by atoms with Crippen LogP contribution < -0.4 is 0 Å². The van der Waals surface area contributed by atoms with Crippen LogP contribution in [0.4, 0.5) is 0 Å². The number of ether oxygens (including phenoxy) is 7. The van der Waals surface area contributed by atoms with E-state index in [9.17, 15) is 5.11 Å². The lowest BCUT2D eigenvalue weighted by molar-refractivity contribution is -0.327. The highest BCUT2D eigenvalue weighted by molar-refractivity contribution is 5.09. The van der Waals surface area contributed by atoms with Crippen LogP contribution in [0.5, 0.6) is 0 Å². The minimum atomic E-state index is -1.24. The van der Waals surface area contributed by atoms with Crippen molar-refractivity contribution in [2.24, 2.45) is 0 Å². The molecule has 1 unspecified atom stereocenters. The summed E-state index contributed by atoms with van der Waals surface area (Å²) in [4.78, 5) is 0. The maximum Gasteiger partial charge on any atom is 0.230 e. The molecule has 4 aliphatic heterocycles. The van der Waals surface area contributed by atoms with Crippen LogP contribution in [0, 0.1) is 0 Å². The van der Waals surface area contributed by atoms with E-state index in [-0.39, 0.29) is 25.4 Å². The summed E-state index contributed by atoms with van der Waals surface area (Å²) in [5.41, 5.74) is 0. The van der Waals surface area contributed by atoms with Crippen LogP contribution in [-0.4, -0.2) is 72.0 Å². The third kappa shape index (κ3) is 2.83. The first-order valence-corrected chi connectivity index (χ1v) is 8.81. The molecule has 0 aliphatic carbocycles. The van der Waals surface area contributed by atoms with Crippen molar-refractivity contribution in [3.63, 3.8) is 0 Å². The van der Waals surface area contributed by atoms with Crippen LogP contribution in [0.15, 0.2) is 0 Å². The van der Waals surface area contributed by atoms with Crippen LogP contribution in [0.1, 0.15) is 41.5 Å². The van der Waals surface area contributed by atoms with Crippen LogP contribution in [-0.2, 0) is 33.2 Å². The number of aliphatic hydroxyl groups is 1. The van der Waals surface area contributed by atoms with E-state index in [0.717, 1.165) is 0 Å². The summed E-state index contributed by atoms with van der Waals surface area (Å²) in [7, 11) is 0. The lowest BCUT2D eigenvalue weighted by Crippen LogP contribution is -2.66. The second kappa shape index (κ2) is 5.36. The molecule has 8 heteroatoms. The van der Waals surface area contributed by atoms with Crippen molar-refractivity contribution >= 4 is 0 Å². The monoisotopic (exact) mass is 360 g/mol. The first-order valence-electron chi connectivity index (χ1n) is 8.81. The molecular formula is C17H28O8. The zero-order valence-electron chi connectivity index (χ0n) is 15.6. The summed E-state index contributed by atoms with van der Waals surface area (Å²) in [5, 5.41) is 9.80. The van der Waals surface area contributed by atoms with Crippen molar-refractivity contribution in [1.82, 2.24) is 0 Å². The van der Waals surface area contributed by atoms with Gasteiger partial charge in [0.2, 0.25) is 5.79 Å². The molecule has 4 fully saturated rings. The standard InChI is InChI=1S/C17H28O8/c1-14(2)21-10-8-19-17(12-9(7-18)20-15(3,4)23-12)13(11(10)22-14)24-16(5,6)25-17/h9-13,18H,7-8H2,1-6H3/t9-,10+,11?,12+,13-,17-/m0/s1. The normalized spacial score (nSPS) is 49.8. The minimum absolute atomic E-state index is 0.216. The molecule has 0 aromatic heterocycles. The molecule has 0 aromatic carbocycles. The predicted octanol–water partition coefficient (Wildman–Crippen LogP) is 0.897. The lowest BCUT2D eigenvalue weighted by Gasteiger charge is -2.44. The van der Waals surface area contributed by atoms with Gasteiger partial charge >= 0.3 is 0 Å². The molecule has 0 saturated carbocycles. The van der Waals surface area contributed by atoms with E-state index in [2.05, 4.69) is 0 Å². The third-order valence-electron chi connectivity index (χ3n) is 4.97. The SMILES string of the molecule is CC1(C)O[C@@H](CO)[C@H]([C@@]23OC[C@H]4OC(C)(C)OC4[C@@H]2OC(C)(C)O3)O1. The second-order valence-corrected chi connectivity index (χ2v) is 8.49. The minimum Gasteiger partial charge on any atom is -0.394 e. The predicted molar refractivity (Wildman–Crippen MR) is 83.5 cm³/mol. The number of rotatable bonds is 2. The highest BCUT2D eigenvalue weighted by atomic mass is 16.9. The van der Waals surface area contributed by atoms with Crippen molar-refractivity contribution in [2.75, 3.05) is 13.2 Å². The zero-order valence-corrected chi connectivity index (χ0v) is 15.6. The van der Waals surface area contributed by atoms with E-state index in [1.807, 2.05) is 27.7 Å². The van der Waals surface area contributed by atoms with Gasteiger partial charge in [-0.2, -0.15) is 0 Å². The van der Waals surface area contributed by atoms with Gasteiger partial charge in [-0.3, -0.25) is 0 Å². The highest BCUT2D eigenvalue weighted by Gasteiger charge is 2.71. The Morgan fingerprint density at radius 1 is 0.800 bits per heavy atom. The van der Waals surface area contributed by atoms with Crippen molar-refractivity contribution in [3.8, 4) is 0 Å². The first kappa shape index (κ1) is 18.1. The van der Waals surface area contributed by atoms with Crippen LogP contribution in [0.2, 0.25) is 0 Å². The molecule has 0 spiro atoms. The van der Waals surface area contributed by atoms with Gasteiger partial charge in [-0.05, 0) is 41.5 Å². The molecule has 4 saturated heterocycles. The Morgan fingerprint density at radius 2 is 1.44 bits per heavy atom. The van der Waals surface area contributed by atoms with Gasteiger partial charge in [-0.25, -0.2) is 0 Å². The Labute approximate surface area is 147 Å². The quantitative estimate of drug-likeness (QED) is 0.777. The van der Waals surface area contributed by atoms with Gasteiger partial charge < -0.3 is 38.3 Å². The number of aliphatic hydroxyl groups excluding tert-OH is 1. The van der Waals surface area contributed by atoms with Crippen molar-refractivity contribution < 1.29 is 38.3 Å². The molecule has 1 N–H and O–H groups in total. The maximum atomic E-state index is 9.80. The molecular weight excluding hydrogens is 332 g/mol. The van der Waals surface area contributed by atoms with Gasteiger partial charge in [0.25, 0.3) is 0 Å². The van der Waals surface area contributed by atoms with Gasteiger partial charge in [0.1, 0.15) is 30.5 Å². The smallest absolute Gasteiger partial charge is 0.230 e. The molecule has 4 heterocycles. The molecule has 0 radical (unpaired) electrons. The molecule has 0 amide bonds. The van der Waals surface area contributed by atoms with Crippen molar-refractivity contribution in [3.05, 3.63) is 0 Å². The summed E-state index contributed by atoms with van der Waals surface area (Å²) >= 11 is 0. The Hall–Kier alpha value is -0.320. The first-order chi connectivity index (χ1) is 11.5. The van der Waals surface area contributed by atoms with Gasteiger partial charge in [0.05, 0.1) is 13.2 Å². The van der Waals surface area contributed by atoms with Crippen molar-refractivity contribution in [1.29, 1.82) is 0 Å². The van der Waals surface area contributed by atoms with Gasteiger partial charge in [-0.15, -0.1) is 0 Å². The van der Waals surface area contributed by atoms with Gasteiger partial charge in [-0.1, -0.05) is 0 Å². The van der Waals surface area contributed by atoms with Crippen LogP contribution in [0.3, 0.4) is 0 Å². The Kier molecular flexibility index (Phi) is 3.87. The molecule has 8 nitrogen and oxygen atoms in total. The third-order valence-corrected chi connectivity index (χ3v) is 4.97. The molecule has 6 atom stereocenters. The highest BCUT2D eigenvalue weighted by Crippen LogP contribution is 2.52. The average molecular weight is 360 g/mol. The Balaban J connectivity index is 1.71. The van der Waals surface area contributed by atoms with Crippen LogP contribution >= 0.6 is 0 Å². The fraction of sp³-hybridized carbons (Fsp3) is 1.00. The fourth-order valence-electron chi connectivity index (χ4n) is 4.33. The molecule has 0 aromatic rings. The van der Waals surface area contributed by atoms with E-state index in [4.69, 9.17) is 33.2 Å². The molecule has 25 heavy (non-hydrogen) atoms. The summed E-state index contributed by atoms with van der Waals surface area (Å²) in [6.07, 6.45) is -2.44. The summed E-state index contributed by atoms with van der Waals surface area (Å²) in [6.45, 7) is 11.0. The zero-order chi connectivity index (χ0) is 18.3. The van der Waals surface area contributed by atoms with E-state index >= 15 is 0 Å². The van der Waals surface area contributed by atoms with E-state index < -0.39 is 41.5 Å². The van der Waals surface area contributed by atoms with Gasteiger partial charge in [0.15, 0.2) is 17.4 Å². The summed E-state index contributed by atoms with van der Waals surface area (Å²) < 4.78 is 42.5. The second-order valence-electron chi connectivity index (χ2n) is 8.49. The maximum absolute atomic E-state index is 9.80. The fourth-order valence-corrected chi connectivity index (χ4v) is 4.33. The summed E-state index contributed by atoms with van der Waals surface area (Å²) in [5.74, 6) is -3.73. The lowest BCUT2D eigenvalue weighted by atomic mass is 9.90. The summed E-state index contributed by atoms with van der Waals surface area (Å²) in [6, 6.07) is 0. The largest absolute Gasteiger partial charge is 0.394 e. The Morgan fingerprint density at radius 3 is 2.12 bits per heavy atom. The van der Waals surface area contributed by atoms with Gasteiger partial charge in [0, 0.05) is 0 Å². The van der Waals surface area contributed by atoms with E-state index in [1.54, 1.807) is 13.8 Å². The molecule has 144 valence electrons. The molecule has 0 bridgehead atoms. The average Bonchev–Trinajstić information content (AvgIpc) is 3.05. The van der Waals surface area contributed by atoms with E-state index in [0.29, 0.717) is 0 Å². The van der Waals surface area contributed by atoms with E-state index in [1.165, 1.54) is 0 Å². The Bertz CT molecular complexity index is 547. The number of fused-ring (bicyclic) bond motifs is 3. The topological polar surface area (TPSA) is 84.8 Å². The van der Waals surface area contributed by atoms with Crippen molar-refractivity contribution in [2.45, 2.75) is 95.2 Å². The number of hydrogen-bond donors (Lipinski definition) is 1. The molecule has 4 rings (SSSR count). The van der Waals surface area contributed by atoms with Crippen LogP contribution in [0.25, 0.3) is 0 Å².